The Hall–Kier alpha value is -2.76. The number of aromatic nitrogens is 2. The normalized spacial score (nSPS) is 18.4. The van der Waals surface area contributed by atoms with Gasteiger partial charge in [-0.1, -0.05) is 6.07 Å². The van der Waals surface area contributed by atoms with E-state index in [4.69, 9.17) is 4.74 Å². The second-order valence-electron chi connectivity index (χ2n) is 7.22. The maximum atomic E-state index is 12.7. The van der Waals surface area contributed by atoms with E-state index >= 15 is 0 Å². The Morgan fingerprint density at radius 2 is 1.96 bits per heavy atom. The van der Waals surface area contributed by atoms with Crippen LogP contribution >= 0.6 is 0 Å². The molecule has 0 N–H and O–H groups in total. The van der Waals surface area contributed by atoms with Crippen molar-refractivity contribution in [2.24, 2.45) is 0 Å². The number of carbonyl (C=O) groups is 2. The molecule has 0 unspecified atom stereocenters. The molecule has 6 nitrogen and oxygen atoms in total. The average Bonchev–Trinajstić information content (AvgIpc) is 2.61. The molecule has 2 aromatic rings. The lowest BCUT2D eigenvalue weighted by Gasteiger charge is -2.44. The zero-order valence-corrected chi connectivity index (χ0v) is 15.0. The third-order valence-corrected chi connectivity index (χ3v) is 5.28. The smallest absolute Gasteiger partial charge is 0.274 e. The van der Waals surface area contributed by atoms with Crippen molar-refractivity contribution in [3.8, 4) is 5.75 Å². The summed E-state index contributed by atoms with van der Waals surface area (Å²) >= 11 is 0. The third kappa shape index (κ3) is 2.85. The van der Waals surface area contributed by atoms with Gasteiger partial charge in [0.25, 0.3) is 5.91 Å². The molecule has 26 heavy (non-hydrogen) atoms. The summed E-state index contributed by atoms with van der Waals surface area (Å²) in [7, 11) is 0. The van der Waals surface area contributed by atoms with Gasteiger partial charge in [0.1, 0.15) is 17.0 Å². The van der Waals surface area contributed by atoms with Crippen LogP contribution in [0.5, 0.6) is 5.75 Å². The molecular formula is C20H21N3O3. The van der Waals surface area contributed by atoms with Gasteiger partial charge in [-0.05, 0) is 31.0 Å². The highest BCUT2D eigenvalue weighted by Crippen LogP contribution is 2.41. The molecule has 3 heterocycles. The number of rotatable bonds is 1. The third-order valence-electron chi connectivity index (χ3n) is 5.28. The predicted molar refractivity (Wildman–Crippen MR) is 95.4 cm³/mol. The van der Waals surface area contributed by atoms with E-state index in [0.717, 1.165) is 11.1 Å². The van der Waals surface area contributed by atoms with Gasteiger partial charge < -0.3 is 9.64 Å². The van der Waals surface area contributed by atoms with E-state index < -0.39 is 5.60 Å². The molecule has 0 radical (unpaired) electrons. The SMILES string of the molecule is Cc1cc(C)c2c(c1)OC1(CCN(C(=O)c3cnccn3)CC1)CC2=O. The first-order valence-corrected chi connectivity index (χ1v) is 8.86. The van der Waals surface area contributed by atoms with Gasteiger partial charge in [0.05, 0.1) is 18.2 Å². The van der Waals surface area contributed by atoms with Crippen molar-refractivity contribution >= 4 is 11.7 Å². The average molecular weight is 351 g/mol. The Morgan fingerprint density at radius 3 is 2.65 bits per heavy atom. The summed E-state index contributed by atoms with van der Waals surface area (Å²) in [6.45, 7) is 5.05. The van der Waals surface area contributed by atoms with Crippen LogP contribution in [0.3, 0.4) is 0 Å². The van der Waals surface area contributed by atoms with Crippen molar-refractivity contribution in [2.75, 3.05) is 13.1 Å². The van der Waals surface area contributed by atoms with Gasteiger partial charge in [0.15, 0.2) is 5.78 Å². The minimum Gasteiger partial charge on any atom is -0.486 e. The molecule has 0 bridgehead atoms. The summed E-state index contributed by atoms with van der Waals surface area (Å²) < 4.78 is 6.34. The highest BCUT2D eigenvalue weighted by molar-refractivity contribution is 6.02. The number of amides is 1. The molecule has 2 aliphatic heterocycles. The summed E-state index contributed by atoms with van der Waals surface area (Å²) in [5, 5.41) is 0. The number of aryl methyl sites for hydroxylation is 2. The van der Waals surface area contributed by atoms with Crippen LogP contribution in [0.4, 0.5) is 0 Å². The van der Waals surface area contributed by atoms with Crippen LogP contribution in [0.2, 0.25) is 0 Å². The van der Waals surface area contributed by atoms with Crippen LogP contribution < -0.4 is 4.74 Å². The Balaban J connectivity index is 1.52. The second-order valence-corrected chi connectivity index (χ2v) is 7.22. The summed E-state index contributed by atoms with van der Waals surface area (Å²) in [4.78, 5) is 35.1. The molecular weight excluding hydrogens is 330 g/mol. The van der Waals surface area contributed by atoms with E-state index in [0.29, 0.717) is 49.4 Å². The molecule has 134 valence electrons. The van der Waals surface area contributed by atoms with Crippen molar-refractivity contribution in [2.45, 2.75) is 38.7 Å². The van der Waals surface area contributed by atoms with Crippen LogP contribution in [0.25, 0.3) is 0 Å². The Bertz CT molecular complexity index is 871. The van der Waals surface area contributed by atoms with Crippen LogP contribution in [0, 0.1) is 13.8 Å². The molecule has 1 spiro atoms. The molecule has 0 saturated carbocycles. The number of Topliss-reactive ketones (excluding diaryl/α,β-unsaturated/α-hetero) is 1. The lowest BCUT2D eigenvalue weighted by atomic mass is 9.81. The number of hydrogen-bond donors (Lipinski definition) is 0. The maximum absolute atomic E-state index is 12.7. The molecule has 1 aromatic heterocycles. The zero-order chi connectivity index (χ0) is 18.3. The topological polar surface area (TPSA) is 72.4 Å². The van der Waals surface area contributed by atoms with Crippen LogP contribution in [0.15, 0.2) is 30.7 Å². The van der Waals surface area contributed by atoms with Crippen molar-refractivity contribution < 1.29 is 14.3 Å². The summed E-state index contributed by atoms with van der Waals surface area (Å²) in [6, 6.07) is 3.96. The van der Waals surface area contributed by atoms with E-state index in [2.05, 4.69) is 9.97 Å². The fraction of sp³-hybridized carbons (Fsp3) is 0.400. The fourth-order valence-electron chi connectivity index (χ4n) is 3.98. The van der Waals surface area contributed by atoms with Crippen molar-refractivity contribution in [3.63, 3.8) is 0 Å². The number of benzene rings is 1. The molecule has 4 rings (SSSR count). The predicted octanol–water partition coefficient (Wildman–Crippen LogP) is 2.73. The summed E-state index contributed by atoms with van der Waals surface area (Å²) in [6.07, 6.45) is 6.19. The minimum absolute atomic E-state index is 0.123. The van der Waals surface area contributed by atoms with Gasteiger partial charge in [-0.2, -0.15) is 0 Å². The number of likely N-dealkylation sites (tertiary alicyclic amines) is 1. The lowest BCUT2D eigenvalue weighted by molar-refractivity contribution is -0.00595. The number of ketones is 1. The van der Waals surface area contributed by atoms with Gasteiger partial charge in [0.2, 0.25) is 0 Å². The number of ether oxygens (including phenoxy) is 1. The Labute approximate surface area is 152 Å². The van der Waals surface area contributed by atoms with Crippen LogP contribution in [0.1, 0.15) is 51.2 Å². The standard InChI is InChI=1S/C20H21N3O3/c1-13-9-14(2)18-16(24)11-20(26-17(18)10-13)3-7-23(8-4-20)19(25)15-12-21-5-6-22-15/h5-6,9-10,12H,3-4,7-8,11H2,1-2H3. The molecule has 1 fully saturated rings. The highest BCUT2D eigenvalue weighted by atomic mass is 16.5. The molecule has 0 atom stereocenters. The maximum Gasteiger partial charge on any atom is 0.274 e. The van der Waals surface area contributed by atoms with Crippen molar-refractivity contribution in [1.29, 1.82) is 0 Å². The highest BCUT2D eigenvalue weighted by Gasteiger charge is 2.44. The summed E-state index contributed by atoms with van der Waals surface area (Å²) in [5.74, 6) is 0.701. The van der Waals surface area contributed by atoms with Crippen molar-refractivity contribution in [3.05, 3.63) is 53.1 Å². The van der Waals surface area contributed by atoms with Crippen LogP contribution in [-0.4, -0.2) is 45.2 Å². The lowest BCUT2D eigenvalue weighted by Crippen LogP contribution is -2.52. The zero-order valence-electron chi connectivity index (χ0n) is 15.0. The first-order chi connectivity index (χ1) is 12.5. The van der Waals surface area contributed by atoms with Gasteiger partial charge in [-0.25, -0.2) is 4.98 Å². The summed E-state index contributed by atoms with van der Waals surface area (Å²) in [5.41, 5.74) is 2.60. The minimum atomic E-state index is -0.510. The van der Waals surface area contributed by atoms with Crippen molar-refractivity contribution in [1.82, 2.24) is 14.9 Å². The van der Waals surface area contributed by atoms with E-state index in [1.807, 2.05) is 26.0 Å². The number of hydrogen-bond acceptors (Lipinski definition) is 5. The molecule has 1 aromatic carbocycles. The Morgan fingerprint density at radius 1 is 1.19 bits per heavy atom. The van der Waals surface area contributed by atoms with Gasteiger partial charge in [-0.3, -0.25) is 14.6 Å². The van der Waals surface area contributed by atoms with E-state index in [1.165, 1.54) is 12.4 Å². The van der Waals surface area contributed by atoms with Gasteiger partial charge in [-0.15, -0.1) is 0 Å². The molecule has 1 saturated heterocycles. The van der Waals surface area contributed by atoms with Crippen LogP contribution in [-0.2, 0) is 0 Å². The molecule has 1 amide bonds. The molecule has 0 aliphatic carbocycles. The second kappa shape index (κ2) is 6.20. The Kier molecular flexibility index (Phi) is 3.98. The molecule has 6 heteroatoms. The molecule has 2 aliphatic rings. The van der Waals surface area contributed by atoms with E-state index in [-0.39, 0.29) is 11.7 Å². The quantitative estimate of drug-likeness (QED) is 0.790. The largest absolute Gasteiger partial charge is 0.486 e. The van der Waals surface area contributed by atoms with Gasteiger partial charge >= 0.3 is 0 Å². The van der Waals surface area contributed by atoms with E-state index in [1.54, 1.807) is 11.1 Å². The number of piperidine rings is 1. The number of carbonyl (C=O) groups excluding carboxylic acids is 2. The van der Waals surface area contributed by atoms with E-state index in [9.17, 15) is 9.59 Å². The number of fused-ring (bicyclic) bond motifs is 1. The first-order valence-electron chi connectivity index (χ1n) is 8.86. The monoisotopic (exact) mass is 351 g/mol. The first kappa shape index (κ1) is 16.7. The number of nitrogens with zero attached hydrogens (tertiary/aromatic N) is 3. The van der Waals surface area contributed by atoms with Gasteiger partial charge in [0, 0.05) is 38.3 Å². The fourth-order valence-corrected chi connectivity index (χ4v) is 3.98.